The first-order valence-corrected chi connectivity index (χ1v) is 6.38. The summed E-state index contributed by atoms with van der Waals surface area (Å²) in [6.07, 6.45) is 7.77. The summed E-state index contributed by atoms with van der Waals surface area (Å²) in [5.74, 6) is 0. The number of methoxy groups -OCH3 is 1. The number of hydrogen-bond donors (Lipinski definition) is 1. The number of ether oxygens (including phenoxy) is 1. The second-order valence-corrected chi connectivity index (χ2v) is 4.67. The lowest BCUT2D eigenvalue weighted by Crippen LogP contribution is -2.36. The van der Waals surface area contributed by atoms with Gasteiger partial charge in [-0.3, -0.25) is 0 Å². The molecule has 0 fully saturated rings. The van der Waals surface area contributed by atoms with Crippen molar-refractivity contribution in [2.45, 2.75) is 52.4 Å². The lowest BCUT2D eigenvalue weighted by Gasteiger charge is -2.33. The van der Waals surface area contributed by atoms with Crippen LogP contribution in [0, 0.1) is 5.41 Å². The Morgan fingerprint density at radius 2 is 1.60 bits per heavy atom. The maximum absolute atomic E-state index is 5.41. The van der Waals surface area contributed by atoms with Gasteiger partial charge in [0.2, 0.25) is 0 Å². The molecule has 0 unspecified atom stereocenters. The Balaban J connectivity index is 4.26. The summed E-state index contributed by atoms with van der Waals surface area (Å²) >= 11 is 0. The monoisotopic (exact) mass is 215 g/mol. The van der Waals surface area contributed by atoms with Crippen molar-refractivity contribution in [1.82, 2.24) is 5.32 Å². The van der Waals surface area contributed by atoms with E-state index in [4.69, 9.17) is 4.74 Å². The van der Waals surface area contributed by atoms with Gasteiger partial charge >= 0.3 is 0 Å². The third-order valence-corrected chi connectivity index (χ3v) is 3.12. The van der Waals surface area contributed by atoms with Crippen LogP contribution in [0.2, 0.25) is 0 Å². The standard InChI is InChI=1S/C13H29NO/c1-5-7-9-13(11-14-3,12-15-4)10-8-6-2/h14H,5-12H2,1-4H3. The molecule has 0 aliphatic rings. The summed E-state index contributed by atoms with van der Waals surface area (Å²) in [4.78, 5) is 0. The van der Waals surface area contributed by atoms with Crippen LogP contribution < -0.4 is 5.32 Å². The van der Waals surface area contributed by atoms with E-state index in [1.54, 1.807) is 0 Å². The fourth-order valence-corrected chi connectivity index (χ4v) is 2.28. The molecule has 0 heterocycles. The van der Waals surface area contributed by atoms with E-state index in [1.165, 1.54) is 38.5 Å². The zero-order valence-corrected chi connectivity index (χ0v) is 11.1. The Morgan fingerprint density at radius 3 is 1.93 bits per heavy atom. The van der Waals surface area contributed by atoms with Gasteiger partial charge in [-0.15, -0.1) is 0 Å². The van der Waals surface area contributed by atoms with Crippen LogP contribution in [-0.4, -0.2) is 27.3 Å². The van der Waals surface area contributed by atoms with Crippen molar-refractivity contribution in [3.8, 4) is 0 Å². The van der Waals surface area contributed by atoms with E-state index in [9.17, 15) is 0 Å². The van der Waals surface area contributed by atoms with Crippen molar-refractivity contribution < 1.29 is 4.74 Å². The molecule has 92 valence electrons. The molecule has 15 heavy (non-hydrogen) atoms. The first kappa shape index (κ1) is 14.9. The maximum Gasteiger partial charge on any atom is 0.0530 e. The number of rotatable bonds is 10. The quantitative estimate of drug-likeness (QED) is 0.604. The minimum atomic E-state index is 0.371. The number of unbranched alkanes of at least 4 members (excludes halogenated alkanes) is 2. The average Bonchev–Trinajstić information content (AvgIpc) is 2.24. The third kappa shape index (κ3) is 6.16. The molecule has 0 aliphatic carbocycles. The second kappa shape index (κ2) is 9.17. The molecule has 0 saturated heterocycles. The molecule has 0 bridgehead atoms. The van der Waals surface area contributed by atoms with E-state index in [0.717, 1.165) is 13.2 Å². The van der Waals surface area contributed by atoms with E-state index in [0.29, 0.717) is 5.41 Å². The smallest absolute Gasteiger partial charge is 0.0530 e. The molecule has 0 atom stereocenters. The summed E-state index contributed by atoms with van der Waals surface area (Å²) in [5.41, 5.74) is 0.371. The molecular formula is C13H29NO. The first-order chi connectivity index (χ1) is 7.24. The van der Waals surface area contributed by atoms with Gasteiger partial charge in [-0.05, 0) is 19.9 Å². The highest BCUT2D eigenvalue weighted by molar-refractivity contribution is 4.81. The second-order valence-electron chi connectivity index (χ2n) is 4.67. The Bertz CT molecular complexity index is 120. The van der Waals surface area contributed by atoms with Crippen molar-refractivity contribution in [3.63, 3.8) is 0 Å². The van der Waals surface area contributed by atoms with Crippen LogP contribution in [0.3, 0.4) is 0 Å². The van der Waals surface area contributed by atoms with E-state index < -0.39 is 0 Å². The van der Waals surface area contributed by atoms with Gasteiger partial charge in [-0.25, -0.2) is 0 Å². The minimum Gasteiger partial charge on any atom is -0.384 e. The van der Waals surface area contributed by atoms with Gasteiger partial charge in [0.1, 0.15) is 0 Å². The highest BCUT2D eigenvalue weighted by atomic mass is 16.5. The molecule has 2 heteroatoms. The van der Waals surface area contributed by atoms with Gasteiger partial charge < -0.3 is 10.1 Å². The molecule has 0 radical (unpaired) electrons. The summed E-state index contributed by atoms with van der Waals surface area (Å²) in [6.45, 7) is 6.50. The Hall–Kier alpha value is -0.0800. The highest BCUT2D eigenvalue weighted by Gasteiger charge is 2.27. The van der Waals surface area contributed by atoms with Crippen LogP contribution in [0.15, 0.2) is 0 Å². The normalized spacial score (nSPS) is 12.0. The highest BCUT2D eigenvalue weighted by Crippen LogP contribution is 2.30. The summed E-state index contributed by atoms with van der Waals surface area (Å²) in [7, 11) is 3.87. The van der Waals surface area contributed by atoms with Crippen molar-refractivity contribution in [3.05, 3.63) is 0 Å². The zero-order valence-electron chi connectivity index (χ0n) is 11.1. The molecule has 0 aromatic heterocycles. The molecule has 1 N–H and O–H groups in total. The molecule has 0 rings (SSSR count). The van der Waals surface area contributed by atoms with E-state index in [-0.39, 0.29) is 0 Å². The van der Waals surface area contributed by atoms with Crippen molar-refractivity contribution >= 4 is 0 Å². The molecule has 2 nitrogen and oxygen atoms in total. The molecule has 0 amide bonds. The Labute approximate surface area is 95.8 Å². The van der Waals surface area contributed by atoms with Crippen molar-refractivity contribution in [1.29, 1.82) is 0 Å². The van der Waals surface area contributed by atoms with Gasteiger partial charge in [0.05, 0.1) is 6.61 Å². The Kier molecular flexibility index (Phi) is 9.12. The summed E-state index contributed by atoms with van der Waals surface area (Å²) in [6, 6.07) is 0. The van der Waals surface area contributed by atoms with Crippen LogP contribution in [0.1, 0.15) is 52.4 Å². The summed E-state index contributed by atoms with van der Waals surface area (Å²) in [5, 5.41) is 3.33. The first-order valence-electron chi connectivity index (χ1n) is 6.38. The predicted octanol–water partition coefficient (Wildman–Crippen LogP) is 3.22. The molecule has 0 aliphatic heterocycles. The van der Waals surface area contributed by atoms with Crippen LogP contribution in [0.4, 0.5) is 0 Å². The van der Waals surface area contributed by atoms with Gasteiger partial charge in [-0.2, -0.15) is 0 Å². The predicted molar refractivity (Wildman–Crippen MR) is 67.3 cm³/mol. The Morgan fingerprint density at radius 1 is 1.07 bits per heavy atom. The number of nitrogens with one attached hydrogen (secondary N) is 1. The van der Waals surface area contributed by atoms with E-state index in [2.05, 4.69) is 19.2 Å². The topological polar surface area (TPSA) is 21.3 Å². The van der Waals surface area contributed by atoms with Crippen LogP contribution in [0.5, 0.6) is 0 Å². The largest absolute Gasteiger partial charge is 0.384 e. The molecular weight excluding hydrogens is 186 g/mol. The lowest BCUT2D eigenvalue weighted by molar-refractivity contribution is 0.0621. The van der Waals surface area contributed by atoms with Gasteiger partial charge in [0, 0.05) is 19.1 Å². The number of hydrogen-bond acceptors (Lipinski definition) is 2. The maximum atomic E-state index is 5.41. The zero-order chi connectivity index (χ0) is 11.6. The SMILES string of the molecule is CCCCC(CCCC)(CNC)COC. The fraction of sp³-hybridized carbons (Fsp3) is 1.00. The molecule has 0 saturated carbocycles. The van der Waals surface area contributed by atoms with Gasteiger partial charge in [0.25, 0.3) is 0 Å². The fourth-order valence-electron chi connectivity index (χ4n) is 2.28. The van der Waals surface area contributed by atoms with Crippen molar-refractivity contribution in [2.24, 2.45) is 5.41 Å². The molecule has 0 aromatic rings. The van der Waals surface area contributed by atoms with Gasteiger partial charge in [-0.1, -0.05) is 39.5 Å². The molecule has 0 spiro atoms. The molecule has 0 aromatic carbocycles. The van der Waals surface area contributed by atoms with E-state index >= 15 is 0 Å². The van der Waals surface area contributed by atoms with Gasteiger partial charge in [0.15, 0.2) is 0 Å². The van der Waals surface area contributed by atoms with E-state index in [1.807, 2.05) is 14.2 Å². The average molecular weight is 215 g/mol. The summed E-state index contributed by atoms with van der Waals surface area (Å²) < 4.78 is 5.41. The van der Waals surface area contributed by atoms with Crippen LogP contribution >= 0.6 is 0 Å². The van der Waals surface area contributed by atoms with Crippen molar-refractivity contribution in [2.75, 3.05) is 27.3 Å². The van der Waals surface area contributed by atoms with Crippen LogP contribution in [0.25, 0.3) is 0 Å². The lowest BCUT2D eigenvalue weighted by atomic mass is 9.79. The third-order valence-electron chi connectivity index (χ3n) is 3.12. The van der Waals surface area contributed by atoms with Crippen LogP contribution in [-0.2, 0) is 4.74 Å². The minimum absolute atomic E-state index is 0.371.